The number of hydrogen-bond donors (Lipinski definition) is 1. The van der Waals surface area contributed by atoms with Gasteiger partial charge in [0.1, 0.15) is 0 Å². The summed E-state index contributed by atoms with van der Waals surface area (Å²) in [6.45, 7) is 4.34. The van der Waals surface area contributed by atoms with Crippen LogP contribution in [0.4, 0.5) is 22.7 Å². The predicted octanol–water partition coefficient (Wildman–Crippen LogP) is 12.1. The number of anilines is 4. The molecule has 8 aromatic rings. The maximum Gasteiger partial charge on any atom is 0.218 e. The number of amides is 1. The van der Waals surface area contributed by atoms with E-state index >= 15 is 0 Å². The van der Waals surface area contributed by atoms with Gasteiger partial charge in [0.05, 0.1) is 11.4 Å². The molecule has 8 aromatic carbocycles. The zero-order chi connectivity index (χ0) is 32.6. The second-order valence-electron chi connectivity index (χ2n) is 12.4. The largest absolute Gasteiger partial charge is 0.354 e. The van der Waals surface area contributed by atoms with Crippen LogP contribution in [0.15, 0.2) is 158 Å². The van der Waals surface area contributed by atoms with E-state index in [9.17, 15) is 4.79 Å². The van der Waals surface area contributed by atoms with E-state index in [0.717, 1.165) is 34.7 Å². The summed E-state index contributed by atoms with van der Waals surface area (Å²) in [6.07, 6.45) is 0.862. The molecular formula is C45H34N2O. The van der Waals surface area contributed by atoms with Crippen LogP contribution >= 0.6 is 0 Å². The molecular weight excluding hydrogens is 585 g/mol. The highest BCUT2D eigenvalue weighted by molar-refractivity contribution is 6.22. The fourth-order valence-corrected chi connectivity index (χ4v) is 6.93. The Morgan fingerprint density at radius 1 is 0.500 bits per heavy atom. The summed E-state index contributed by atoms with van der Waals surface area (Å²) < 4.78 is 0. The molecule has 0 atom stereocenters. The summed E-state index contributed by atoms with van der Waals surface area (Å²) in [7, 11) is 0. The van der Waals surface area contributed by atoms with Crippen LogP contribution in [-0.2, 0) is 4.79 Å². The Balaban J connectivity index is 1.25. The lowest BCUT2D eigenvalue weighted by atomic mass is 9.84. The van der Waals surface area contributed by atoms with Gasteiger partial charge < -0.3 is 5.32 Å². The van der Waals surface area contributed by atoms with E-state index in [1.165, 1.54) is 60.1 Å². The zero-order valence-electron chi connectivity index (χ0n) is 26.9. The number of nitrogens with one attached hydrogen (secondary N) is 1. The van der Waals surface area contributed by atoms with E-state index in [2.05, 4.69) is 122 Å². The van der Waals surface area contributed by atoms with Crippen molar-refractivity contribution in [3.63, 3.8) is 0 Å². The normalized spacial score (nSPS) is 11.2. The van der Waals surface area contributed by atoms with E-state index in [0.29, 0.717) is 0 Å². The van der Waals surface area contributed by atoms with Gasteiger partial charge in [-0.2, -0.15) is 0 Å². The quantitative estimate of drug-likeness (QED) is 0.142. The summed E-state index contributed by atoms with van der Waals surface area (Å²) in [5.74, 6) is 0. The molecule has 0 saturated carbocycles. The second-order valence-corrected chi connectivity index (χ2v) is 12.4. The van der Waals surface area contributed by atoms with Crippen LogP contribution < -0.4 is 10.2 Å². The highest BCUT2D eigenvalue weighted by Gasteiger charge is 2.18. The first-order valence-electron chi connectivity index (χ1n) is 16.3. The summed E-state index contributed by atoms with van der Waals surface area (Å²) >= 11 is 0. The molecule has 0 saturated heterocycles. The zero-order valence-corrected chi connectivity index (χ0v) is 26.9. The number of para-hydroxylation sites is 3. The lowest BCUT2D eigenvalue weighted by molar-refractivity contribution is -0.106. The van der Waals surface area contributed by atoms with Crippen LogP contribution in [0.1, 0.15) is 11.1 Å². The van der Waals surface area contributed by atoms with Crippen molar-refractivity contribution >= 4 is 61.5 Å². The first kappa shape index (κ1) is 29.2. The van der Waals surface area contributed by atoms with Crippen LogP contribution in [0.3, 0.4) is 0 Å². The third kappa shape index (κ3) is 5.26. The molecule has 1 amide bonds. The van der Waals surface area contributed by atoms with Crippen LogP contribution in [0, 0.1) is 13.8 Å². The van der Waals surface area contributed by atoms with E-state index in [4.69, 9.17) is 0 Å². The maximum atomic E-state index is 12.2. The fourth-order valence-electron chi connectivity index (χ4n) is 6.93. The molecule has 0 heterocycles. The number of carbonyl (C=O) groups is 1. The van der Waals surface area contributed by atoms with Crippen molar-refractivity contribution in [2.75, 3.05) is 10.2 Å². The molecule has 0 fully saturated rings. The number of fused-ring (bicyclic) bond motifs is 3. The molecule has 0 radical (unpaired) electrons. The highest BCUT2D eigenvalue weighted by Crippen LogP contribution is 2.45. The maximum absolute atomic E-state index is 12.2. The van der Waals surface area contributed by atoms with Gasteiger partial charge in [-0.25, -0.2) is 0 Å². The molecule has 0 aliphatic heterocycles. The van der Waals surface area contributed by atoms with Gasteiger partial charge in [-0.15, -0.1) is 0 Å². The summed E-state index contributed by atoms with van der Waals surface area (Å²) in [4.78, 5) is 13.9. The van der Waals surface area contributed by atoms with E-state index in [1.54, 1.807) is 4.90 Å². The van der Waals surface area contributed by atoms with Crippen molar-refractivity contribution in [2.24, 2.45) is 0 Å². The van der Waals surface area contributed by atoms with Gasteiger partial charge >= 0.3 is 0 Å². The van der Waals surface area contributed by atoms with Crippen LogP contribution in [-0.4, -0.2) is 6.41 Å². The standard InChI is InChI=1S/C45H34N2O/c1-30-17-25-39-40(26-30)44(38-24-16-31(2)27-41(38)45(39)35-19-18-32-10-6-7-11-34(32)28-35)33-20-22-36(23-21-33)46-42-14-8-9-15-43(42)47(29-48)37-12-4-3-5-13-37/h3-29,46H,1-2H3. The molecule has 8 rings (SSSR count). The lowest BCUT2D eigenvalue weighted by Gasteiger charge is -2.22. The highest BCUT2D eigenvalue weighted by atomic mass is 16.1. The third-order valence-electron chi connectivity index (χ3n) is 9.22. The van der Waals surface area contributed by atoms with Crippen molar-refractivity contribution in [3.05, 3.63) is 169 Å². The Hall–Kier alpha value is -6.19. The van der Waals surface area contributed by atoms with Gasteiger partial charge in [-0.05, 0) is 111 Å². The van der Waals surface area contributed by atoms with Crippen LogP contribution in [0.2, 0.25) is 0 Å². The number of hydrogen-bond acceptors (Lipinski definition) is 2. The molecule has 0 aliphatic carbocycles. The van der Waals surface area contributed by atoms with Crippen molar-refractivity contribution in [3.8, 4) is 22.3 Å². The number of nitrogens with zero attached hydrogens (tertiary/aromatic N) is 1. The number of aryl methyl sites for hydroxylation is 2. The topological polar surface area (TPSA) is 32.3 Å². The molecule has 0 aliphatic rings. The number of benzene rings is 8. The summed E-state index contributed by atoms with van der Waals surface area (Å²) in [6, 6.07) is 55.3. The SMILES string of the molecule is Cc1ccc2c(-c3ccc4ccccc4c3)c3cc(C)ccc3c(-c3ccc(Nc4ccccc4N(C=O)c4ccccc4)cc3)c2c1. The molecule has 230 valence electrons. The molecule has 1 N–H and O–H groups in total. The minimum Gasteiger partial charge on any atom is -0.354 e. The van der Waals surface area contributed by atoms with Crippen molar-refractivity contribution < 1.29 is 4.79 Å². The first-order chi connectivity index (χ1) is 23.6. The second kappa shape index (κ2) is 12.2. The number of carbonyl (C=O) groups excluding carboxylic acids is 1. The Morgan fingerprint density at radius 2 is 1.08 bits per heavy atom. The molecule has 0 unspecified atom stereocenters. The van der Waals surface area contributed by atoms with E-state index < -0.39 is 0 Å². The molecule has 3 nitrogen and oxygen atoms in total. The molecule has 48 heavy (non-hydrogen) atoms. The smallest absolute Gasteiger partial charge is 0.218 e. The van der Waals surface area contributed by atoms with Gasteiger partial charge in [0, 0.05) is 11.4 Å². The Kier molecular flexibility index (Phi) is 7.43. The molecule has 0 bridgehead atoms. The lowest BCUT2D eigenvalue weighted by Crippen LogP contribution is -2.15. The Bertz CT molecular complexity index is 2460. The summed E-state index contributed by atoms with van der Waals surface area (Å²) in [5, 5.41) is 11.0. The minimum absolute atomic E-state index is 0.787. The minimum atomic E-state index is 0.787. The molecule has 0 spiro atoms. The Morgan fingerprint density at radius 3 is 1.77 bits per heavy atom. The van der Waals surface area contributed by atoms with Gasteiger partial charge in [-0.3, -0.25) is 9.69 Å². The average molecular weight is 619 g/mol. The summed E-state index contributed by atoms with van der Waals surface area (Å²) in [5.41, 5.74) is 10.7. The van der Waals surface area contributed by atoms with Gasteiger partial charge in [-0.1, -0.05) is 126 Å². The third-order valence-corrected chi connectivity index (χ3v) is 9.22. The van der Waals surface area contributed by atoms with Crippen molar-refractivity contribution in [1.29, 1.82) is 0 Å². The van der Waals surface area contributed by atoms with E-state index in [-0.39, 0.29) is 0 Å². The van der Waals surface area contributed by atoms with Crippen molar-refractivity contribution in [2.45, 2.75) is 13.8 Å². The molecule has 0 aromatic heterocycles. The monoisotopic (exact) mass is 618 g/mol. The predicted molar refractivity (Wildman–Crippen MR) is 204 cm³/mol. The van der Waals surface area contributed by atoms with Crippen LogP contribution in [0.5, 0.6) is 0 Å². The first-order valence-corrected chi connectivity index (χ1v) is 16.3. The average Bonchev–Trinajstić information content (AvgIpc) is 3.12. The fraction of sp³-hybridized carbons (Fsp3) is 0.0444. The Labute approximate surface area is 280 Å². The number of rotatable bonds is 7. The van der Waals surface area contributed by atoms with Gasteiger partial charge in [0.2, 0.25) is 6.41 Å². The van der Waals surface area contributed by atoms with Gasteiger partial charge in [0.25, 0.3) is 0 Å². The van der Waals surface area contributed by atoms with Crippen molar-refractivity contribution in [1.82, 2.24) is 0 Å². The van der Waals surface area contributed by atoms with Crippen LogP contribution in [0.25, 0.3) is 54.6 Å². The van der Waals surface area contributed by atoms with E-state index in [1.807, 2.05) is 54.6 Å². The van der Waals surface area contributed by atoms with Gasteiger partial charge in [0.15, 0.2) is 0 Å². The molecule has 3 heteroatoms.